The number of pyridine rings is 1. The first-order valence-corrected chi connectivity index (χ1v) is 6.29. The first-order valence-electron chi connectivity index (χ1n) is 5.92. The molecule has 3 rings (SSSR count). The van der Waals surface area contributed by atoms with Gasteiger partial charge in [-0.15, -0.1) is 0 Å². The van der Waals surface area contributed by atoms with Crippen LogP contribution in [0.3, 0.4) is 0 Å². The van der Waals surface area contributed by atoms with E-state index in [1.54, 1.807) is 24.3 Å². The van der Waals surface area contributed by atoms with Gasteiger partial charge in [0.25, 0.3) is 0 Å². The molecule has 96 valence electrons. The van der Waals surface area contributed by atoms with Crippen molar-refractivity contribution < 1.29 is 4.39 Å². The molecule has 0 aliphatic heterocycles. The van der Waals surface area contributed by atoms with Gasteiger partial charge in [0.05, 0.1) is 17.8 Å². The maximum absolute atomic E-state index is 13.3. The van der Waals surface area contributed by atoms with E-state index in [4.69, 9.17) is 18.2 Å². The average Bonchev–Trinajstić information content (AvgIpc) is 2.46. The Morgan fingerprint density at radius 2 is 1.90 bits per heavy atom. The molecule has 3 aromatic rings. The summed E-state index contributed by atoms with van der Waals surface area (Å²) >= 11 is 6.15. The summed E-state index contributed by atoms with van der Waals surface area (Å²) in [5.41, 5.74) is 2.06. The lowest BCUT2D eigenvalue weighted by molar-refractivity contribution is 0.629. The van der Waals surface area contributed by atoms with Gasteiger partial charge in [-0.25, -0.2) is 9.24 Å². The third kappa shape index (κ3) is 2.11. The first kappa shape index (κ1) is 12.6. The molecule has 0 atom stereocenters. The second kappa shape index (κ2) is 4.92. The molecule has 1 heterocycles. The third-order valence-corrected chi connectivity index (χ3v) is 3.34. The van der Waals surface area contributed by atoms with E-state index >= 15 is 0 Å². The Hall–Kier alpha value is -2.44. The maximum Gasteiger partial charge on any atom is 0.213 e. The monoisotopic (exact) mass is 282 g/mol. The number of benzene rings is 2. The summed E-state index contributed by atoms with van der Waals surface area (Å²) in [7, 11) is 0. The summed E-state index contributed by atoms with van der Waals surface area (Å²) in [6.07, 6.45) is 0. The van der Waals surface area contributed by atoms with Crippen LogP contribution in [0.1, 0.15) is 0 Å². The van der Waals surface area contributed by atoms with E-state index in [1.807, 2.05) is 12.1 Å². The standard InChI is InChI=1S/C16H8ClFN2/c1-19-15-8-10-6-7-11(18)9-14(10)20-16(15)12-4-2-3-5-13(12)17/h2-9H. The van der Waals surface area contributed by atoms with Crippen molar-refractivity contribution in [3.8, 4) is 11.3 Å². The zero-order valence-corrected chi connectivity index (χ0v) is 11.0. The van der Waals surface area contributed by atoms with Gasteiger partial charge in [0.2, 0.25) is 5.69 Å². The fourth-order valence-electron chi connectivity index (χ4n) is 2.07. The van der Waals surface area contributed by atoms with Crippen molar-refractivity contribution in [2.24, 2.45) is 0 Å². The molecule has 0 fully saturated rings. The highest BCUT2D eigenvalue weighted by Gasteiger charge is 2.12. The molecular weight excluding hydrogens is 275 g/mol. The van der Waals surface area contributed by atoms with Gasteiger partial charge >= 0.3 is 0 Å². The molecule has 0 N–H and O–H groups in total. The van der Waals surface area contributed by atoms with E-state index in [2.05, 4.69) is 9.83 Å². The highest BCUT2D eigenvalue weighted by Crippen LogP contribution is 2.35. The quantitative estimate of drug-likeness (QED) is 0.558. The Labute approximate surface area is 120 Å². The van der Waals surface area contributed by atoms with Gasteiger partial charge in [0, 0.05) is 10.6 Å². The zero-order chi connectivity index (χ0) is 14.1. The van der Waals surface area contributed by atoms with Crippen molar-refractivity contribution in [2.45, 2.75) is 0 Å². The van der Waals surface area contributed by atoms with Gasteiger partial charge in [-0.05, 0) is 29.7 Å². The largest absolute Gasteiger partial charge is 0.259 e. The number of nitrogens with zero attached hydrogens (tertiary/aromatic N) is 2. The second-order valence-electron chi connectivity index (χ2n) is 4.28. The molecule has 0 unspecified atom stereocenters. The molecule has 0 saturated carbocycles. The fourth-order valence-corrected chi connectivity index (χ4v) is 2.29. The van der Waals surface area contributed by atoms with Crippen molar-refractivity contribution in [2.75, 3.05) is 0 Å². The van der Waals surface area contributed by atoms with E-state index in [1.165, 1.54) is 12.1 Å². The number of rotatable bonds is 1. The van der Waals surface area contributed by atoms with Gasteiger partial charge in [-0.3, -0.25) is 4.98 Å². The van der Waals surface area contributed by atoms with Crippen molar-refractivity contribution >= 4 is 28.2 Å². The molecular formula is C16H8ClFN2. The van der Waals surface area contributed by atoms with Crippen LogP contribution in [-0.4, -0.2) is 4.98 Å². The molecule has 1 aromatic heterocycles. The molecule has 4 heteroatoms. The Kier molecular flexibility index (Phi) is 3.09. The van der Waals surface area contributed by atoms with E-state index in [0.717, 1.165) is 5.39 Å². The summed E-state index contributed by atoms with van der Waals surface area (Å²) in [6.45, 7) is 7.29. The number of fused-ring (bicyclic) bond motifs is 1. The van der Waals surface area contributed by atoms with E-state index < -0.39 is 0 Å². The lowest BCUT2D eigenvalue weighted by Gasteiger charge is -2.08. The van der Waals surface area contributed by atoms with Crippen LogP contribution in [0, 0.1) is 12.4 Å². The molecule has 0 radical (unpaired) electrons. The molecule has 0 aliphatic rings. The van der Waals surface area contributed by atoms with Gasteiger partial charge in [0.15, 0.2) is 0 Å². The summed E-state index contributed by atoms with van der Waals surface area (Å²) in [5, 5.41) is 1.24. The summed E-state index contributed by atoms with van der Waals surface area (Å²) in [5.74, 6) is -0.356. The summed E-state index contributed by atoms with van der Waals surface area (Å²) < 4.78 is 13.3. The van der Waals surface area contributed by atoms with Crippen LogP contribution in [0.5, 0.6) is 0 Å². The predicted molar refractivity (Wildman–Crippen MR) is 78.4 cm³/mol. The van der Waals surface area contributed by atoms with E-state index in [0.29, 0.717) is 27.5 Å². The first-order chi connectivity index (χ1) is 9.69. The van der Waals surface area contributed by atoms with Gasteiger partial charge < -0.3 is 0 Å². The minimum Gasteiger partial charge on any atom is -0.259 e. The normalized spacial score (nSPS) is 10.4. The fraction of sp³-hybridized carbons (Fsp3) is 0. The molecule has 20 heavy (non-hydrogen) atoms. The average molecular weight is 283 g/mol. The van der Waals surface area contributed by atoms with Crippen LogP contribution in [0.15, 0.2) is 48.5 Å². The van der Waals surface area contributed by atoms with Gasteiger partial charge in [-0.1, -0.05) is 35.9 Å². The van der Waals surface area contributed by atoms with Gasteiger partial charge in [0.1, 0.15) is 5.82 Å². The smallest absolute Gasteiger partial charge is 0.213 e. The molecule has 2 nitrogen and oxygen atoms in total. The number of hydrogen-bond acceptors (Lipinski definition) is 1. The lowest BCUT2D eigenvalue weighted by atomic mass is 10.1. The van der Waals surface area contributed by atoms with E-state index in [9.17, 15) is 4.39 Å². The second-order valence-corrected chi connectivity index (χ2v) is 4.69. The Bertz CT molecular complexity index is 853. The van der Waals surface area contributed by atoms with Crippen molar-refractivity contribution in [3.63, 3.8) is 0 Å². The molecule has 0 aliphatic carbocycles. The predicted octanol–water partition coefficient (Wildman–Crippen LogP) is 5.25. The van der Waals surface area contributed by atoms with Crippen molar-refractivity contribution in [1.82, 2.24) is 4.98 Å². The lowest BCUT2D eigenvalue weighted by Crippen LogP contribution is -1.88. The minimum atomic E-state index is -0.356. The van der Waals surface area contributed by atoms with Crippen molar-refractivity contribution in [3.05, 3.63) is 70.8 Å². The van der Waals surface area contributed by atoms with E-state index in [-0.39, 0.29) is 5.82 Å². The Morgan fingerprint density at radius 3 is 2.65 bits per heavy atom. The topological polar surface area (TPSA) is 17.2 Å². The highest BCUT2D eigenvalue weighted by atomic mass is 35.5. The SMILES string of the molecule is [C-]#[N+]c1cc2ccc(F)cc2nc1-c1ccccc1Cl. The highest BCUT2D eigenvalue weighted by molar-refractivity contribution is 6.33. The van der Waals surface area contributed by atoms with Crippen LogP contribution >= 0.6 is 11.6 Å². The molecule has 0 amide bonds. The van der Waals surface area contributed by atoms with Crippen LogP contribution in [-0.2, 0) is 0 Å². The number of hydrogen-bond donors (Lipinski definition) is 0. The van der Waals surface area contributed by atoms with Crippen LogP contribution in [0.25, 0.3) is 27.0 Å². The van der Waals surface area contributed by atoms with Crippen LogP contribution in [0.2, 0.25) is 5.02 Å². The zero-order valence-electron chi connectivity index (χ0n) is 10.3. The van der Waals surface area contributed by atoms with Crippen LogP contribution < -0.4 is 0 Å². The van der Waals surface area contributed by atoms with Gasteiger partial charge in [-0.2, -0.15) is 0 Å². The summed E-state index contributed by atoms with van der Waals surface area (Å²) in [4.78, 5) is 7.90. The molecule has 0 spiro atoms. The maximum atomic E-state index is 13.3. The van der Waals surface area contributed by atoms with Crippen LogP contribution in [0.4, 0.5) is 10.1 Å². The number of halogens is 2. The minimum absolute atomic E-state index is 0.356. The molecule has 2 aromatic carbocycles. The Morgan fingerprint density at radius 1 is 1.10 bits per heavy atom. The molecule has 0 saturated heterocycles. The van der Waals surface area contributed by atoms with Crippen molar-refractivity contribution in [1.29, 1.82) is 0 Å². The number of aromatic nitrogens is 1. The molecule has 0 bridgehead atoms. The summed E-state index contributed by atoms with van der Waals surface area (Å²) in [6, 6.07) is 13.2. The third-order valence-electron chi connectivity index (χ3n) is 3.01. The Balaban J connectivity index is 2.35.